The van der Waals surface area contributed by atoms with E-state index in [2.05, 4.69) is 0 Å². The smallest absolute Gasteiger partial charge is 0.273 e. The number of nitrogens with two attached hydrogens (primary N) is 1. The molecule has 2 aromatic rings. The van der Waals surface area contributed by atoms with Crippen molar-refractivity contribution in [3.05, 3.63) is 40.8 Å². The lowest BCUT2D eigenvalue weighted by Crippen LogP contribution is -2.35. The molecule has 3 rings (SSSR count). The van der Waals surface area contributed by atoms with E-state index in [-0.39, 0.29) is 0 Å². The van der Waals surface area contributed by atoms with Crippen LogP contribution in [0.2, 0.25) is 0 Å². The Hall–Kier alpha value is -1.53. The van der Waals surface area contributed by atoms with Crippen molar-refractivity contribution in [3.63, 3.8) is 0 Å². The number of hydrogen-bond donors (Lipinski definition) is 1. The highest BCUT2D eigenvalue weighted by atomic mass is 32.2. The average Bonchev–Trinajstić information content (AvgIpc) is 2.85. The monoisotopic (exact) mass is 308 g/mol. The summed E-state index contributed by atoms with van der Waals surface area (Å²) in [5.74, 6) is 0. The molecule has 0 spiro atoms. The zero-order valence-corrected chi connectivity index (χ0v) is 12.8. The first-order valence-electron chi connectivity index (χ1n) is 6.46. The second-order valence-corrected chi connectivity index (χ2v) is 8.31. The molecular weight excluding hydrogens is 292 g/mol. The maximum Gasteiger partial charge on any atom is 0.273 e. The minimum Gasteiger partial charge on any atom is -0.399 e. The summed E-state index contributed by atoms with van der Waals surface area (Å²) in [7, 11) is -3.46. The van der Waals surface area contributed by atoms with Crippen molar-refractivity contribution in [2.45, 2.75) is 24.0 Å². The lowest BCUT2D eigenvalue weighted by Gasteiger charge is -2.30. The van der Waals surface area contributed by atoms with Crippen molar-refractivity contribution in [1.82, 2.24) is 0 Å². The molecule has 1 aliphatic rings. The highest BCUT2D eigenvalue weighted by molar-refractivity contribution is 7.94. The van der Waals surface area contributed by atoms with Crippen molar-refractivity contribution in [2.24, 2.45) is 0 Å². The Balaban J connectivity index is 2.08. The molecule has 0 atom stereocenters. The minimum absolute atomic E-state index is 0.402. The summed E-state index contributed by atoms with van der Waals surface area (Å²) in [6.07, 6.45) is 1.69. The van der Waals surface area contributed by atoms with Crippen molar-refractivity contribution in [2.75, 3.05) is 16.6 Å². The molecule has 1 aromatic heterocycles. The van der Waals surface area contributed by atoms with Gasteiger partial charge < -0.3 is 5.73 Å². The molecule has 0 saturated carbocycles. The number of fused-ring (bicyclic) bond motifs is 1. The summed E-state index contributed by atoms with van der Waals surface area (Å²) < 4.78 is 27.4. The number of aryl methyl sites for hydroxylation is 2. The number of sulfonamides is 1. The normalized spacial score (nSPS) is 15.2. The number of benzene rings is 1. The van der Waals surface area contributed by atoms with Gasteiger partial charge in [-0.25, -0.2) is 8.42 Å². The second kappa shape index (κ2) is 4.79. The summed E-state index contributed by atoms with van der Waals surface area (Å²) in [4.78, 5) is 0.998. The number of nitrogen functional groups attached to an aromatic ring is 1. The van der Waals surface area contributed by atoms with Crippen LogP contribution >= 0.6 is 11.3 Å². The van der Waals surface area contributed by atoms with Crippen LogP contribution in [0.3, 0.4) is 0 Å². The number of anilines is 2. The standard InChI is InChI=1S/C14H16N2O2S2/c1-10-4-7-14(19-10)20(17,18)16-8-2-3-11-9-12(15)5-6-13(11)16/h4-7,9H,2-3,8,15H2,1H3. The van der Waals surface area contributed by atoms with E-state index in [1.807, 2.05) is 25.1 Å². The van der Waals surface area contributed by atoms with Crippen LogP contribution in [0, 0.1) is 6.92 Å². The maximum atomic E-state index is 12.8. The zero-order chi connectivity index (χ0) is 14.3. The Morgan fingerprint density at radius 1 is 1.25 bits per heavy atom. The molecule has 2 heterocycles. The van der Waals surface area contributed by atoms with Gasteiger partial charge in [0.1, 0.15) is 4.21 Å². The molecule has 0 amide bonds. The summed E-state index contributed by atoms with van der Waals surface area (Å²) in [6.45, 7) is 2.44. The van der Waals surface area contributed by atoms with E-state index >= 15 is 0 Å². The molecule has 0 saturated heterocycles. The van der Waals surface area contributed by atoms with Crippen LogP contribution in [0.1, 0.15) is 16.9 Å². The molecule has 1 aliphatic heterocycles. The maximum absolute atomic E-state index is 12.8. The molecule has 0 fully saturated rings. The quantitative estimate of drug-likeness (QED) is 0.868. The first-order chi connectivity index (χ1) is 9.48. The van der Waals surface area contributed by atoms with Crippen LogP contribution in [0.15, 0.2) is 34.5 Å². The van der Waals surface area contributed by atoms with E-state index in [4.69, 9.17) is 5.73 Å². The number of thiophene rings is 1. The van der Waals surface area contributed by atoms with Crippen LogP contribution < -0.4 is 10.0 Å². The van der Waals surface area contributed by atoms with E-state index in [1.54, 1.807) is 12.1 Å². The number of hydrogen-bond acceptors (Lipinski definition) is 4. The van der Waals surface area contributed by atoms with Gasteiger partial charge in [-0.15, -0.1) is 11.3 Å². The van der Waals surface area contributed by atoms with Gasteiger partial charge in [0.15, 0.2) is 0 Å². The highest BCUT2D eigenvalue weighted by Gasteiger charge is 2.30. The van der Waals surface area contributed by atoms with E-state index in [0.717, 1.165) is 29.0 Å². The highest BCUT2D eigenvalue weighted by Crippen LogP contribution is 2.34. The van der Waals surface area contributed by atoms with Crippen LogP contribution in [-0.2, 0) is 16.4 Å². The molecule has 0 unspecified atom stereocenters. The van der Waals surface area contributed by atoms with Gasteiger partial charge in [0.25, 0.3) is 10.0 Å². The predicted octanol–water partition coefficient (Wildman–Crippen LogP) is 2.78. The third-order valence-corrected chi connectivity index (χ3v) is 6.72. The molecule has 106 valence electrons. The lowest BCUT2D eigenvalue weighted by atomic mass is 10.0. The topological polar surface area (TPSA) is 63.4 Å². The summed E-state index contributed by atoms with van der Waals surface area (Å²) in [5.41, 5.74) is 8.23. The van der Waals surface area contributed by atoms with Gasteiger partial charge in [-0.3, -0.25) is 4.31 Å². The summed E-state index contributed by atoms with van der Waals surface area (Å²) >= 11 is 1.31. The van der Waals surface area contributed by atoms with Gasteiger partial charge in [0.05, 0.1) is 5.69 Å². The van der Waals surface area contributed by atoms with Crippen molar-refractivity contribution < 1.29 is 8.42 Å². The van der Waals surface area contributed by atoms with E-state index in [0.29, 0.717) is 16.4 Å². The SMILES string of the molecule is Cc1ccc(S(=O)(=O)N2CCCc3cc(N)ccc32)s1. The van der Waals surface area contributed by atoms with Crippen LogP contribution in [-0.4, -0.2) is 15.0 Å². The van der Waals surface area contributed by atoms with Crippen molar-refractivity contribution >= 4 is 32.7 Å². The van der Waals surface area contributed by atoms with Crippen LogP contribution in [0.25, 0.3) is 0 Å². The van der Waals surface area contributed by atoms with Crippen molar-refractivity contribution in [1.29, 1.82) is 0 Å². The number of nitrogens with zero attached hydrogens (tertiary/aromatic N) is 1. The second-order valence-electron chi connectivity index (χ2n) is 4.93. The Labute approximate surface area is 122 Å². The zero-order valence-electron chi connectivity index (χ0n) is 11.2. The predicted molar refractivity (Wildman–Crippen MR) is 82.8 cm³/mol. The Kier molecular flexibility index (Phi) is 3.22. The Bertz CT molecular complexity index is 750. The third-order valence-electron chi connectivity index (χ3n) is 3.44. The summed E-state index contributed by atoms with van der Waals surface area (Å²) in [6, 6.07) is 8.96. The number of rotatable bonds is 2. The Morgan fingerprint density at radius 2 is 2.05 bits per heavy atom. The van der Waals surface area contributed by atoms with Crippen molar-refractivity contribution in [3.8, 4) is 0 Å². The van der Waals surface area contributed by atoms with Gasteiger partial charge >= 0.3 is 0 Å². The van der Waals surface area contributed by atoms with Gasteiger partial charge in [-0.2, -0.15) is 0 Å². The van der Waals surface area contributed by atoms with E-state index in [9.17, 15) is 8.42 Å². The molecule has 1 aromatic carbocycles. The molecule has 2 N–H and O–H groups in total. The largest absolute Gasteiger partial charge is 0.399 e. The van der Waals surface area contributed by atoms with Crippen LogP contribution in [0.4, 0.5) is 11.4 Å². The van der Waals surface area contributed by atoms with Gasteiger partial charge in [-0.05, 0) is 55.7 Å². The fraction of sp³-hybridized carbons (Fsp3) is 0.286. The fourth-order valence-corrected chi connectivity index (χ4v) is 5.43. The van der Waals surface area contributed by atoms with Gasteiger partial charge in [0.2, 0.25) is 0 Å². The molecule has 20 heavy (non-hydrogen) atoms. The molecule has 0 bridgehead atoms. The van der Waals surface area contributed by atoms with Gasteiger partial charge in [0, 0.05) is 17.1 Å². The van der Waals surface area contributed by atoms with E-state index < -0.39 is 10.0 Å². The Morgan fingerprint density at radius 3 is 2.75 bits per heavy atom. The molecular formula is C14H16N2O2S2. The molecule has 0 aliphatic carbocycles. The fourth-order valence-electron chi connectivity index (χ4n) is 2.49. The first-order valence-corrected chi connectivity index (χ1v) is 8.72. The van der Waals surface area contributed by atoms with E-state index in [1.165, 1.54) is 15.6 Å². The average molecular weight is 308 g/mol. The molecule has 6 heteroatoms. The molecule has 4 nitrogen and oxygen atoms in total. The molecule has 0 radical (unpaired) electrons. The van der Waals surface area contributed by atoms with Gasteiger partial charge in [-0.1, -0.05) is 0 Å². The third kappa shape index (κ3) is 2.19. The minimum atomic E-state index is -3.46. The lowest BCUT2D eigenvalue weighted by molar-refractivity contribution is 0.588. The van der Waals surface area contributed by atoms with Crippen LogP contribution in [0.5, 0.6) is 0 Å². The first kappa shape index (κ1) is 13.5. The summed E-state index contributed by atoms with van der Waals surface area (Å²) in [5, 5.41) is 0.